The molecule has 1 saturated carbocycles. The van der Waals surface area contributed by atoms with E-state index in [0.29, 0.717) is 13.0 Å². The average molecular weight is 242 g/mol. The van der Waals surface area contributed by atoms with E-state index in [9.17, 15) is 4.79 Å². The van der Waals surface area contributed by atoms with E-state index in [1.54, 1.807) is 0 Å². The molecule has 0 N–H and O–H groups in total. The Labute approximate surface area is 108 Å². The van der Waals surface area contributed by atoms with Crippen LogP contribution in [0.3, 0.4) is 0 Å². The first-order valence-corrected chi connectivity index (χ1v) is 6.44. The van der Waals surface area contributed by atoms with Gasteiger partial charge in [0.1, 0.15) is 5.78 Å². The number of carbonyl (C=O) groups excluding carboxylic acids is 1. The third-order valence-corrected chi connectivity index (χ3v) is 3.71. The molecular formula is C15H18N2O. The minimum atomic E-state index is -0.0696. The van der Waals surface area contributed by atoms with E-state index in [1.807, 2.05) is 23.1 Å². The predicted molar refractivity (Wildman–Crippen MR) is 69.8 cm³/mol. The summed E-state index contributed by atoms with van der Waals surface area (Å²) in [5.74, 6) is 0.285. The molecule has 94 valence electrons. The van der Waals surface area contributed by atoms with Gasteiger partial charge < -0.3 is 0 Å². The van der Waals surface area contributed by atoms with Gasteiger partial charge in [0.25, 0.3) is 0 Å². The Morgan fingerprint density at radius 1 is 1.44 bits per heavy atom. The minimum absolute atomic E-state index is 0.0696. The highest BCUT2D eigenvalue weighted by molar-refractivity contribution is 5.86. The molecule has 1 aliphatic rings. The fraction of sp³-hybridized carbons (Fsp3) is 0.467. The predicted octanol–water partition coefficient (Wildman–Crippen LogP) is 2.69. The normalized spacial score (nSPS) is 20.9. The largest absolute Gasteiger partial charge is 0.298 e. The lowest BCUT2D eigenvalue weighted by atomic mass is 10.0. The molecule has 1 unspecified atom stereocenters. The molecule has 2 atom stereocenters. The van der Waals surface area contributed by atoms with Crippen molar-refractivity contribution in [2.45, 2.75) is 38.3 Å². The summed E-state index contributed by atoms with van der Waals surface area (Å²) in [5.41, 5.74) is 1.16. The maximum atomic E-state index is 11.9. The van der Waals surface area contributed by atoms with Crippen molar-refractivity contribution < 1.29 is 4.79 Å². The van der Waals surface area contributed by atoms with Crippen LogP contribution in [0.5, 0.6) is 0 Å². The number of benzene rings is 1. The Kier molecular flexibility index (Phi) is 4.11. The summed E-state index contributed by atoms with van der Waals surface area (Å²) in [5, 5.41) is 8.98. The van der Waals surface area contributed by atoms with Crippen molar-refractivity contribution in [1.29, 1.82) is 5.26 Å². The van der Waals surface area contributed by atoms with Gasteiger partial charge in [0.05, 0.1) is 18.7 Å². The van der Waals surface area contributed by atoms with Gasteiger partial charge in [-0.3, -0.25) is 9.69 Å². The Morgan fingerprint density at radius 3 is 2.72 bits per heavy atom. The highest BCUT2D eigenvalue weighted by atomic mass is 16.1. The van der Waals surface area contributed by atoms with Crippen LogP contribution in [0.2, 0.25) is 0 Å². The van der Waals surface area contributed by atoms with Crippen molar-refractivity contribution in [2.75, 3.05) is 6.54 Å². The minimum Gasteiger partial charge on any atom is -0.298 e. The van der Waals surface area contributed by atoms with E-state index >= 15 is 0 Å². The lowest BCUT2D eigenvalue weighted by Gasteiger charge is -2.31. The van der Waals surface area contributed by atoms with Gasteiger partial charge in [-0.15, -0.1) is 0 Å². The topological polar surface area (TPSA) is 44.1 Å². The average Bonchev–Trinajstić information content (AvgIpc) is 2.82. The third kappa shape index (κ3) is 2.60. The van der Waals surface area contributed by atoms with Gasteiger partial charge in [-0.2, -0.15) is 5.26 Å². The molecule has 0 heterocycles. The van der Waals surface area contributed by atoms with Crippen molar-refractivity contribution in [1.82, 2.24) is 4.90 Å². The Bertz CT molecular complexity index is 449. The smallest absolute Gasteiger partial charge is 0.150 e. The third-order valence-electron chi connectivity index (χ3n) is 3.71. The van der Waals surface area contributed by atoms with E-state index in [2.05, 4.69) is 25.1 Å². The summed E-state index contributed by atoms with van der Waals surface area (Å²) >= 11 is 0. The fourth-order valence-electron chi connectivity index (χ4n) is 2.67. The monoisotopic (exact) mass is 242 g/mol. The molecule has 0 amide bonds. The molecule has 2 rings (SSSR count). The summed E-state index contributed by atoms with van der Waals surface area (Å²) in [4.78, 5) is 13.9. The molecule has 1 aliphatic carbocycles. The summed E-state index contributed by atoms with van der Waals surface area (Å²) in [6, 6.07) is 12.3. The van der Waals surface area contributed by atoms with Gasteiger partial charge in [-0.1, -0.05) is 30.3 Å². The van der Waals surface area contributed by atoms with Gasteiger partial charge >= 0.3 is 0 Å². The van der Waals surface area contributed by atoms with E-state index in [-0.39, 0.29) is 17.9 Å². The van der Waals surface area contributed by atoms with E-state index in [4.69, 9.17) is 5.26 Å². The van der Waals surface area contributed by atoms with Crippen molar-refractivity contribution in [3.05, 3.63) is 35.9 Å². The molecule has 0 aromatic heterocycles. The van der Waals surface area contributed by atoms with Crippen molar-refractivity contribution >= 4 is 5.78 Å². The second kappa shape index (κ2) is 5.79. The molecule has 3 nitrogen and oxygen atoms in total. The van der Waals surface area contributed by atoms with E-state index < -0.39 is 0 Å². The highest BCUT2D eigenvalue weighted by Crippen LogP contribution is 2.28. The van der Waals surface area contributed by atoms with E-state index in [1.165, 1.54) is 0 Å². The Morgan fingerprint density at radius 2 is 2.17 bits per heavy atom. The molecule has 0 bridgehead atoms. The molecule has 0 radical (unpaired) electrons. The van der Waals surface area contributed by atoms with Crippen LogP contribution in [0, 0.1) is 11.3 Å². The number of hydrogen-bond acceptors (Lipinski definition) is 3. The highest BCUT2D eigenvalue weighted by Gasteiger charge is 2.33. The summed E-state index contributed by atoms with van der Waals surface area (Å²) in [6.07, 6.45) is 2.50. The van der Waals surface area contributed by atoms with Crippen LogP contribution in [0.1, 0.15) is 37.8 Å². The van der Waals surface area contributed by atoms with Crippen LogP contribution in [0.25, 0.3) is 0 Å². The Hall–Kier alpha value is -1.66. The molecule has 1 aromatic carbocycles. The zero-order valence-electron chi connectivity index (χ0n) is 10.7. The van der Waals surface area contributed by atoms with Gasteiger partial charge in [-0.05, 0) is 25.3 Å². The molecule has 0 saturated heterocycles. The lowest BCUT2D eigenvalue weighted by molar-refractivity contribution is -0.122. The number of nitrogens with zero attached hydrogens (tertiary/aromatic N) is 2. The molecule has 1 aromatic rings. The molecule has 0 aliphatic heterocycles. The number of carbonyl (C=O) groups is 1. The molecule has 0 spiro atoms. The molecule has 18 heavy (non-hydrogen) atoms. The van der Waals surface area contributed by atoms with Crippen molar-refractivity contribution in [3.63, 3.8) is 0 Å². The van der Waals surface area contributed by atoms with Crippen LogP contribution in [-0.4, -0.2) is 23.3 Å². The summed E-state index contributed by atoms with van der Waals surface area (Å²) in [7, 11) is 0. The first kappa shape index (κ1) is 12.8. The fourth-order valence-corrected chi connectivity index (χ4v) is 2.67. The van der Waals surface area contributed by atoms with Crippen LogP contribution in [-0.2, 0) is 4.79 Å². The number of nitriles is 1. The van der Waals surface area contributed by atoms with Gasteiger partial charge in [0.15, 0.2) is 0 Å². The zero-order valence-corrected chi connectivity index (χ0v) is 10.7. The molecule has 1 fully saturated rings. The SMILES string of the molecule is CC(c1ccccc1)N(CC#N)[C@@H]1CCCC1=O. The molecule has 3 heteroatoms. The maximum absolute atomic E-state index is 11.9. The second-order valence-electron chi connectivity index (χ2n) is 4.79. The first-order valence-electron chi connectivity index (χ1n) is 6.44. The van der Waals surface area contributed by atoms with Crippen LogP contribution in [0.4, 0.5) is 0 Å². The van der Waals surface area contributed by atoms with Gasteiger partial charge in [0, 0.05) is 12.5 Å². The maximum Gasteiger partial charge on any atom is 0.150 e. The summed E-state index contributed by atoms with van der Waals surface area (Å²) < 4.78 is 0. The van der Waals surface area contributed by atoms with Crippen molar-refractivity contribution in [3.8, 4) is 6.07 Å². The number of hydrogen-bond donors (Lipinski definition) is 0. The van der Waals surface area contributed by atoms with Crippen LogP contribution < -0.4 is 0 Å². The van der Waals surface area contributed by atoms with Crippen LogP contribution in [0.15, 0.2) is 30.3 Å². The van der Waals surface area contributed by atoms with Crippen molar-refractivity contribution in [2.24, 2.45) is 0 Å². The standard InChI is InChI=1S/C15H18N2O/c1-12(13-6-3-2-4-7-13)17(11-10-16)14-8-5-9-15(14)18/h2-4,6-7,12,14H,5,8-9,11H2,1H3/t12?,14-/m1/s1. The van der Waals surface area contributed by atoms with E-state index in [0.717, 1.165) is 18.4 Å². The second-order valence-corrected chi connectivity index (χ2v) is 4.79. The quantitative estimate of drug-likeness (QED) is 0.762. The number of rotatable bonds is 4. The summed E-state index contributed by atoms with van der Waals surface area (Å²) in [6.45, 7) is 2.38. The van der Waals surface area contributed by atoms with Crippen LogP contribution >= 0.6 is 0 Å². The first-order chi connectivity index (χ1) is 8.74. The number of Topliss-reactive ketones (excluding diaryl/α,β-unsaturated/α-hetero) is 1. The van der Waals surface area contributed by atoms with Gasteiger partial charge in [0.2, 0.25) is 0 Å². The molecular weight excluding hydrogens is 224 g/mol. The number of ketones is 1. The zero-order chi connectivity index (χ0) is 13.0. The van der Waals surface area contributed by atoms with Gasteiger partial charge in [-0.25, -0.2) is 0 Å². The Balaban J connectivity index is 2.20. The lowest BCUT2D eigenvalue weighted by Crippen LogP contribution is -2.40.